The van der Waals surface area contributed by atoms with Crippen molar-refractivity contribution in [1.82, 2.24) is 5.32 Å². The Morgan fingerprint density at radius 3 is 2.14 bits per heavy atom. The van der Waals surface area contributed by atoms with Gasteiger partial charge in [0.05, 0.1) is 10.9 Å². The van der Waals surface area contributed by atoms with Crippen molar-refractivity contribution in [2.45, 2.75) is 30.5 Å². The Morgan fingerprint density at radius 2 is 1.86 bits per heavy atom. The minimum absolute atomic E-state index is 0.766. The fourth-order valence-electron chi connectivity index (χ4n) is 0.485. The van der Waals surface area contributed by atoms with E-state index in [1.54, 1.807) is 5.32 Å². The largest absolute Gasteiger partial charge is 0.349 e. The van der Waals surface area contributed by atoms with Crippen LogP contribution in [0, 0.1) is 0 Å². The molecule has 0 radical (unpaired) electrons. The molecule has 7 heteroatoms. The third kappa shape index (κ3) is 4.26. The highest BCUT2D eigenvalue weighted by Crippen LogP contribution is 2.22. The topological polar surface area (TPSA) is 29.1 Å². The molecule has 0 saturated carbocycles. The number of amides is 1. The summed E-state index contributed by atoms with van der Waals surface area (Å²) < 4.78 is 46.9. The lowest BCUT2D eigenvalue weighted by Crippen LogP contribution is -2.46. The van der Waals surface area contributed by atoms with Crippen molar-refractivity contribution >= 4 is 21.8 Å². The fourth-order valence-corrected chi connectivity index (χ4v) is 0.626. The molecule has 0 spiro atoms. The van der Waals surface area contributed by atoms with Crippen LogP contribution in [0.3, 0.4) is 0 Å². The van der Waals surface area contributed by atoms with E-state index in [-0.39, 0.29) is 0 Å². The van der Waals surface area contributed by atoms with Gasteiger partial charge >= 0.3 is 12.3 Å². The van der Waals surface area contributed by atoms with E-state index < -0.39 is 29.1 Å². The van der Waals surface area contributed by atoms with Gasteiger partial charge in [-0.3, -0.25) is 4.79 Å². The molecule has 0 aliphatic carbocycles. The summed E-state index contributed by atoms with van der Waals surface area (Å²) in [6.45, 7) is 1.48. The minimum Gasteiger partial charge on any atom is -0.349 e. The Bertz CT molecular complexity index is 214. The molecule has 0 saturated heterocycles. The first kappa shape index (κ1) is 13.7. The highest BCUT2D eigenvalue weighted by molar-refractivity contribution is 9.10. The molecule has 0 aromatic heterocycles. The number of carbonyl (C=O) groups is 1. The smallest absolute Gasteiger partial charge is 0.324 e. The first-order valence-electron chi connectivity index (χ1n) is 3.70. The molecule has 2 nitrogen and oxygen atoms in total. The second-order valence-electron chi connectivity index (χ2n) is 3.22. The number of alkyl halides is 5. The van der Waals surface area contributed by atoms with Gasteiger partial charge in [-0.2, -0.15) is 8.78 Å². The lowest BCUT2D eigenvalue weighted by molar-refractivity contribution is -0.137. The van der Waals surface area contributed by atoms with Crippen LogP contribution in [0.25, 0.3) is 0 Å². The predicted molar refractivity (Wildman–Crippen MR) is 47.0 cm³/mol. The molecule has 0 unspecified atom stereocenters. The molecule has 0 aliphatic rings. The summed E-state index contributed by atoms with van der Waals surface area (Å²) >= 11 is 2.90. The third-order valence-corrected chi connectivity index (χ3v) is 1.70. The van der Waals surface area contributed by atoms with Crippen LogP contribution in [-0.4, -0.2) is 29.1 Å². The Kier molecular flexibility index (Phi) is 4.35. The number of rotatable bonds is 4. The summed E-state index contributed by atoms with van der Waals surface area (Å²) in [4.78, 5) is 11.0. The van der Waals surface area contributed by atoms with Crippen molar-refractivity contribution in [3.8, 4) is 0 Å². The summed E-state index contributed by atoms with van der Waals surface area (Å²) in [6.07, 6.45) is -3.78. The molecule has 0 aromatic carbocycles. The minimum atomic E-state index is -4.19. The van der Waals surface area contributed by atoms with E-state index in [1.807, 2.05) is 0 Å². The Morgan fingerprint density at radius 1 is 1.43 bits per heavy atom. The van der Waals surface area contributed by atoms with Gasteiger partial charge in [0.25, 0.3) is 0 Å². The van der Waals surface area contributed by atoms with Crippen LogP contribution in [0.5, 0.6) is 0 Å². The van der Waals surface area contributed by atoms with Gasteiger partial charge in [-0.1, -0.05) is 15.9 Å². The molecule has 0 heterocycles. The maximum atomic E-state index is 12.3. The van der Waals surface area contributed by atoms with Crippen LogP contribution in [0.15, 0.2) is 0 Å². The quantitative estimate of drug-likeness (QED) is 0.620. The van der Waals surface area contributed by atoms with Crippen LogP contribution >= 0.6 is 15.9 Å². The number of carbonyl (C=O) groups excluding carboxylic acids is 1. The van der Waals surface area contributed by atoms with Crippen molar-refractivity contribution in [3.63, 3.8) is 0 Å². The van der Waals surface area contributed by atoms with Crippen LogP contribution in [0.1, 0.15) is 13.8 Å². The summed E-state index contributed by atoms with van der Waals surface area (Å²) in [5, 5.41) is 1.73. The van der Waals surface area contributed by atoms with Gasteiger partial charge in [0.15, 0.2) is 0 Å². The first-order valence-corrected chi connectivity index (χ1v) is 4.50. The van der Waals surface area contributed by atoms with Gasteiger partial charge in [0.2, 0.25) is 5.91 Å². The molecule has 0 aromatic rings. The van der Waals surface area contributed by atoms with Crippen LogP contribution in [0.2, 0.25) is 0 Å². The van der Waals surface area contributed by atoms with Gasteiger partial charge in [0.1, 0.15) is 0 Å². The maximum Gasteiger partial charge on any atom is 0.324 e. The zero-order chi connectivity index (χ0) is 11.6. The van der Waals surface area contributed by atoms with Crippen molar-refractivity contribution in [1.29, 1.82) is 0 Å². The number of hydrogen-bond donors (Lipinski definition) is 1. The van der Waals surface area contributed by atoms with Crippen molar-refractivity contribution in [2.24, 2.45) is 0 Å². The highest BCUT2D eigenvalue weighted by Gasteiger charge is 2.41. The second-order valence-corrected chi connectivity index (χ2v) is 5.20. The highest BCUT2D eigenvalue weighted by atomic mass is 79.9. The molecule has 84 valence electrons. The average molecular weight is 280 g/mol. The standard InChI is InChI=1S/C7H10BrF4NO/c1-6(2,8)5(14)13-3-7(11,12)4(9)10/h4H,3H2,1-2H3,(H,13,14). The van der Waals surface area contributed by atoms with Gasteiger partial charge in [-0.05, 0) is 13.8 Å². The van der Waals surface area contributed by atoms with E-state index in [0.29, 0.717) is 0 Å². The Labute approximate surface area is 87.2 Å². The fraction of sp³-hybridized carbons (Fsp3) is 0.857. The summed E-state index contributed by atoms with van der Waals surface area (Å²) in [6, 6.07) is 0. The van der Waals surface area contributed by atoms with Crippen LogP contribution in [-0.2, 0) is 4.79 Å². The molecule has 0 atom stereocenters. The monoisotopic (exact) mass is 279 g/mol. The Hall–Kier alpha value is -0.330. The molecule has 1 amide bonds. The van der Waals surface area contributed by atoms with E-state index >= 15 is 0 Å². The van der Waals surface area contributed by atoms with E-state index in [1.165, 1.54) is 13.8 Å². The molecule has 0 bridgehead atoms. The summed E-state index contributed by atoms with van der Waals surface area (Å²) in [5.41, 5.74) is 0. The Balaban J connectivity index is 4.14. The zero-order valence-electron chi connectivity index (χ0n) is 7.58. The average Bonchev–Trinajstić information content (AvgIpc) is 1.98. The van der Waals surface area contributed by atoms with Crippen molar-refractivity contribution in [3.05, 3.63) is 0 Å². The number of nitrogens with one attached hydrogen (secondary N) is 1. The predicted octanol–water partition coefficient (Wildman–Crippen LogP) is 2.18. The summed E-state index contributed by atoms with van der Waals surface area (Å²) in [7, 11) is 0. The zero-order valence-corrected chi connectivity index (χ0v) is 9.17. The second kappa shape index (κ2) is 4.46. The van der Waals surface area contributed by atoms with Crippen molar-refractivity contribution in [2.75, 3.05) is 6.54 Å². The van der Waals surface area contributed by atoms with E-state index in [2.05, 4.69) is 15.9 Å². The molecule has 0 rings (SSSR count). The molecule has 1 N–H and O–H groups in total. The number of hydrogen-bond acceptors (Lipinski definition) is 1. The molecular weight excluding hydrogens is 270 g/mol. The van der Waals surface area contributed by atoms with Gasteiger partial charge in [-0.25, -0.2) is 8.78 Å². The van der Waals surface area contributed by atoms with Crippen LogP contribution in [0.4, 0.5) is 17.6 Å². The lowest BCUT2D eigenvalue weighted by Gasteiger charge is -2.20. The van der Waals surface area contributed by atoms with Gasteiger partial charge in [0, 0.05) is 0 Å². The molecule has 14 heavy (non-hydrogen) atoms. The lowest BCUT2D eigenvalue weighted by atomic mass is 10.2. The van der Waals surface area contributed by atoms with Gasteiger partial charge in [-0.15, -0.1) is 0 Å². The van der Waals surface area contributed by atoms with Crippen LogP contribution < -0.4 is 5.32 Å². The first-order chi connectivity index (χ1) is 6.07. The van der Waals surface area contributed by atoms with E-state index in [4.69, 9.17) is 0 Å². The molecule has 0 fully saturated rings. The maximum absolute atomic E-state index is 12.3. The normalized spacial score (nSPS) is 13.1. The molecular formula is C7H10BrF4NO. The van der Waals surface area contributed by atoms with E-state index in [0.717, 1.165) is 0 Å². The van der Waals surface area contributed by atoms with E-state index in [9.17, 15) is 22.4 Å². The SMILES string of the molecule is CC(C)(Br)C(=O)NCC(F)(F)C(F)F. The molecule has 0 aliphatic heterocycles. The summed E-state index contributed by atoms with van der Waals surface area (Å²) in [5.74, 6) is -4.95. The third-order valence-electron chi connectivity index (χ3n) is 1.34. The number of halogens is 5. The van der Waals surface area contributed by atoms with Gasteiger partial charge < -0.3 is 5.32 Å². The van der Waals surface area contributed by atoms with Crippen molar-refractivity contribution < 1.29 is 22.4 Å².